The molecule has 10 heteroatoms. The van der Waals surface area contributed by atoms with E-state index in [0.29, 0.717) is 0 Å². The maximum atomic E-state index is 10.3. The topological polar surface area (TPSA) is 149 Å². The first kappa shape index (κ1) is 21.8. The van der Waals surface area contributed by atoms with E-state index < -0.39 is 36.4 Å². The van der Waals surface area contributed by atoms with Gasteiger partial charge in [-0.1, -0.05) is 0 Å². The summed E-state index contributed by atoms with van der Waals surface area (Å²) in [5, 5.41) is 33.8. The predicted molar refractivity (Wildman–Crippen MR) is 44.9 cm³/mol. The molecule has 0 aromatic heterocycles. The molecule has 0 amide bonds. The van der Waals surface area contributed by atoms with Crippen molar-refractivity contribution in [2.45, 2.75) is 18.4 Å². The normalized spacial score (nSPS) is 9.00. The number of carbonyl (C=O) groups is 3. The van der Waals surface area contributed by atoms with E-state index in [-0.39, 0.29) is 51.4 Å². The van der Waals surface area contributed by atoms with Crippen molar-refractivity contribution in [1.29, 1.82) is 0 Å². The summed E-state index contributed by atoms with van der Waals surface area (Å²) in [5.74, 6) is -5.02. The van der Waals surface area contributed by atoms with Crippen LogP contribution < -0.4 is 0 Å². The zero-order valence-corrected chi connectivity index (χ0v) is 8.90. The van der Waals surface area contributed by atoms with Crippen LogP contribution in [0.5, 0.6) is 0 Å². The fourth-order valence-corrected chi connectivity index (χ4v) is 0.714. The molecule has 0 unspecified atom stereocenters. The van der Waals surface area contributed by atoms with Gasteiger partial charge in [0.15, 0.2) is 5.60 Å². The molecule has 0 aromatic carbocycles. The molecule has 0 rings (SSSR count). The van der Waals surface area contributed by atoms with Crippen molar-refractivity contribution < 1.29 is 58.5 Å². The van der Waals surface area contributed by atoms with E-state index in [2.05, 4.69) is 0 Å². The summed E-state index contributed by atoms with van der Waals surface area (Å²) in [6, 6.07) is 0. The van der Waals surface area contributed by atoms with E-state index in [4.69, 9.17) is 23.8 Å². The first-order chi connectivity index (χ1) is 6.78. The van der Waals surface area contributed by atoms with Gasteiger partial charge in [0.05, 0.1) is 12.8 Å². The Labute approximate surface area is 144 Å². The molecular formula is C6H9KO8Ti. The Hall–Kier alpha value is 0.521. The van der Waals surface area contributed by atoms with E-state index >= 15 is 0 Å². The predicted octanol–water partition coefficient (Wildman–Crippen LogP) is -2.02. The van der Waals surface area contributed by atoms with E-state index in [1.807, 2.05) is 0 Å². The van der Waals surface area contributed by atoms with Crippen LogP contribution in [0, 0.1) is 0 Å². The van der Waals surface area contributed by atoms with Gasteiger partial charge in [-0.15, -0.1) is 0 Å². The van der Waals surface area contributed by atoms with Gasteiger partial charge < -0.3 is 20.4 Å². The molecule has 16 heavy (non-hydrogen) atoms. The van der Waals surface area contributed by atoms with Gasteiger partial charge in [-0.2, -0.15) is 0 Å². The van der Waals surface area contributed by atoms with Crippen molar-refractivity contribution in [3.63, 3.8) is 0 Å². The molecule has 0 bridgehead atoms. The second kappa shape index (κ2) is 10.7. The number of carboxylic acid groups (broad SMARTS) is 3. The van der Waals surface area contributed by atoms with Gasteiger partial charge >= 0.3 is 93.0 Å². The molecule has 0 atom stereocenters. The van der Waals surface area contributed by atoms with Crippen LogP contribution in [0.1, 0.15) is 12.8 Å². The van der Waals surface area contributed by atoms with Gasteiger partial charge in [0.2, 0.25) is 0 Å². The quantitative estimate of drug-likeness (QED) is 0.425. The molecule has 0 aliphatic heterocycles. The molecule has 0 heterocycles. The number of hydrogen-bond acceptors (Lipinski definition) is 5. The molecular weight excluding hydrogens is 287 g/mol. The first-order valence-corrected chi connectivity index (χ1v) is 4.01. The summed E-state index contributed by atoms with van der Waals surface area (Å²) >= 11 is 0.750. The Morgan fingerprint density at radius 2 is 1.19 bits per heavy atom. The molecule has 0 radical (unpaired) electrons. The van der Waals surface area contributed by atoms with Crippen LogP contribution in [-0.4, -0.2) is 95.3 Å². The summed E-state index contributed by atoms with van der Waals surface area (Å²) < 4.78 is 8.25. The summed E-state index contributed by atoms with van der Waals surface area (Å²) in [6.45, 7) is 0. The van der Waals surface area contributed by atoms with E-state index in [1.165, 1.54) is 0 Å². The number of hydrogen-bond donors (Lipinski definition) is 4. The summed E-state index contributed by atoms with van der Waals surface area (Å²) in [6.07, 6.45) is -2.29. The maximum absolute atomic E-state index is 10.3. The average Bonchev–Trinajstić information content (AvgIpc) is 2.04. The Morgan fingerprint density at radius 3 is 1.31 bits per heavy atom. The molecule has 0 aromatic rings. The Morgan fingerprint density at radius 1 is 0.938 bits per heavy atom. The summed E-state index contributed by atoms with van der Waals surface area (Å²) in [4.78, 5) is 30.5. The van der Waals surface area contributed by atoms with Gasteiger partial charge in [-0.25, -0.2) is 4.79 Å². The van der Waals surface area contributed by atoms with Crippen LogP contribution >= 0.6 is 0 Å². The molecule has 0 fully saturated rings. The van der Waals surface area contributed by atoms with Crippen LogP contribution in [0.2, 0.25) is 0 Å². The van der Waals surface area contributed by atoms with Crippen molar-refractivity contribution in [3.8, 4) is 0 Å². The summed E-state index contributed by atoms with van der Waals surface area (Å²) in [5.41, 5.74) is -2.74. The second-order valence-corrected chi connectivity index (χ2v) is 2.48. The standard InChI is InChI=1S/C6H8O7.K.O.Ti.H/c7-3(8)1-6(13,5(11)12)2-4(9)10;;;;/h13H,1-2H2,(H,7,8)(H,9,10)(H,11,12);;;;. The van der Waals surface area contributed by atoms with Gasteiger partial charge in [0.25, 0.3) is 0 Å². The Balaban J connectivity index is -0.000000529. The first-order valence-electron chi connectivity index (χ1n) is 3.38. The van der Waals surface area contributed by atoms with Crippen LogP contribution in [0.25, 0.3) is 0 Å². The SMILES string of the molecule is O=C(O)CC(O)(CC(=O)O)C(=O)O.[KH].[O]=[Ti]. The van der Waals surface area contributed by atoms with Crippen LogP contribution in [-0.2, 0) is 38.1 Å². The molecule has 0 saturated heterocycles. The molecule has 0 aliphatic carbocycles. The molecule has 86 valence electrons. The van der Waals surface area contributed by atoms with Crippen LogP contribution in [0.3, 0.4) is 0 Å². The van der Waals surface area contributed by atoms with Crippen LogP contribution in [0.4, 0.5) is 0 Å². The Bertz CT molecular complexity index is 251. The molecule has 0 saturated carbocycles. The molecule has 0 spiro atoms. The Kier molecular flexibility index (Phi) is 14.5. The van der Waals surface area contributed by atoms with Crippen molar-refractivity contribution >= 4 is 69.3 Å². The van der Waals surface area contributed by atoms with Gasteiger partial charge in [0, 0.05) is 0 Å². The minimum absolute atomic E-state index is 0. The molecule has 4 N–H and O–H groups in total. The van der Waals surface area contributed by atoms with Crippen molar-refractivity contribution in [2.24, 2.45) is 0 Å². The third kappa shape index (κ3) is 9.73. The van der Waals surface area contributed by atoms with Gasteiger partial charge in [-0.3, -0.25) is 9.59 Å². The van der Waals surface area contributed by atoms with Crippen molar-refractivity contribution in [2.75, 3.05) is 0 Å². The zero-order chi connectivity index (χ0) is 12.6. The van der Waals surface area contributed by atoms with E-state index in [1.54, 1.807) is 0 Å². The number of rotatable bonds is 5. The minimum atomic E-state index is -2.74. The number of aliphatic hydroxyl groups is 1. The van der Waals surface area contributed by atoms with Gasteiger partial charge in [0.1, 0.15) is 0 Å². The van der Waals surface area contributed by atoms with Crippen LogP contribution in [0.15, 0.2) is 0 Å². The van der Waals surface area contributed by atoms with Gasteiger partial charge in [-0.05, 0) is 0 Å². The fourth-order valence-electron chi connectivity index (χ4n) is 0.714. The summed E-state index contributed by atoms with van der Waals surface area (Å²) in [7, 11) is 0. The third-order valence-electron chi connectivity index (χ3n) is 1.29. The van der Waals surface area contributed by atoms with E-state index in [9.17, 15) is 14.4 Å². The monoisotopic (exact) mass is 296 g/mol. The van der Waals surface area contributed by atoms with E-state index in [0.717, 1.165) is 20.4 Å². The number of carboxylic acids is 3. The number of aliphatic carboxylic acids is 3. The van der Waals surface area contributed by atoms with Crippen molar-refractivity contribution in [3.05, 3.63) is 0 Å². The molecule has 8 nitrogen and oxygen atoms in total. The van der Waals surface area contributed by atoms with Crippen molar-refractivity contribution in [1.82, 2.24) is 0 Å². The zero-order valence-electron chi connectivity index (χ0n) is 7.34. The second-order valence-electron chi connectivity index (χ2n) is 2.48. The average molecular weight is 296 g/mol. The third-order valence-corrected chi connectivity index (χ3v) is 1.29. The molecule has 0 aliphatic rings. The fraction of sp³-hybridized carbons (Fsp3) is 0.500.